The fourth-order valence-corrected chi connectivity index (χ4v) is 7.20. The van der Waals surface area contributed by atoms with E-state index in [-0.39, 0.29) is 21.1 Å². The smallest absolute Gasteiger partial charge is 0.497 e. The van der Waals surface area contributed by atoms with Gasteiger partial charge in [0, 0.05) is 40.2 Å². The molecule has 5 aromatic heterocycles. The van der Waals surface area contributed by atoms with Gasteiger partial charge in [0.05, 0.1) is 33.7 Å². The Morgan fingerprint density at radius 2 is 1.18 bits per heavy atom. The largest absolute Gasteiger partial charge is 2.00 e. The van der Waals surface area contributed by atoms with E-state index in [4.69, 9.17) is 19.7 Å². The Hall–Kier alpha value is -5.84. The van der Waals surface area contributed by atoms with E-state index in [0.29, 0.717) is 11.5 Å². The maximum atomic E-state index is 6.55. The Morgan fingerprint density at radius 3 is 1.94 bits per heavy atom. The van der Waals surface area contributed by atoms with Gasteiger partial charge in [-0.05, 0) is 43.0 Å². The van der Waals surface area contributed by atoms with E-state index in [1.807, 2.05) is 48.7 Å². The maximum Gasteiger partial charge on any atom is 2.00 e. The van der Waals surface area contributed by atoms with Gasteiger partial charge in [-0.3, -0.25) is 15.0 Å². The number of imidazole rings is 2. The summed E-state index contributed by atoms with van der Waals surface area (Å²) in [5, 5.41) is 4.94. The first-order chi connectivity index (χ1) is 24.1. The monoisotopic (exact) mass is 824 g/mol. The summed E-state index contributed by atoms with van der Waals surface area (Å²) < 4.78 is 11.0. The molecule has 0 N–H and O–H groups in total. The Morgan fingerprint density at radius 1 is 0.560 bits per heavy atom. The molecule has 0 spiro atoms. The van der Waals surface area contributed by atoms with Crippen molar-refractivity contribution in [2.75, 3.05) is 0 Å². The molecule has 0 radical (unpaired) electrons. The third-order valence-electron chi connectivity index (χ3n) is 9.54. The van der Waals surface area contributed by atoms with E-state index in [1.165, 1.54) is 0 Å². The van der Waals surface area contributed by atoms with Crippen LogP contribution in [0.1, 0.15) is 11.4 Å². The number of ether oxygens (including phenoxy) is 1. The molecule has 10 aromatic rings. The van der Waals surface area contributed by atoms with Crippen LogP contribution in [0.2, 0.25) is 0 Å². The van der Waals surface area contributed by atoms with E-state index in [1.54, 1.807) is 0 Å². The number of fused-ring (bicyclic) bond motifs is 12. The minimum atomic E-state index is 0. The molecule has 0 bridgehead atoms. The minimum absolute atomic E-state index is 0. The molecule has 0 saturated heterocycles. The fourth-order valence-electron chi connectivity index (χ4n) is 7.20. The zero-order valence-electron chi connectivity index (χ0n) is 27.1. The summed E-state index contributed by atoms with van der Waals surface area (Å²) in [6, 6.07) is 48.5. The maximum absolute atomic E-state index is 6.55. The molecule has 0 saturated carbocycles. The van der Waals surface area contributed by atoms with Crippen molar-refractivity contribution >= 4 is 54.8 Å². The minimum Gasteiger partial charge on any atom is -0.497 e. The Balaban J connectivity index is 0.00000336. The van der Waals surface area contributed by atoms with Crippen molar-refractivity contribution in [2.24, 2.45) is 0 Å². The second-order valence-corrected chi connectivity index (χ2v) is 12.4. The van der Waals surface area contributed by atoms with Crippen LogP contribution in [0.3, 0.4) is 0 Å². The van der Waals surface area contributed by atoms with Crippen molar-refractivity contribution in [3.63, 3.8) is 0 Å². The molecule has 0 aliphatic carbocycles. The van der Waals surface area contributed by atoms with E-state index >= 15 is 0 Å². The average molecular weight is 825 g/mol. The molecule has 0 atom stereocenters. The van der Waals surface area contributed by atoms with Gasteiger partial charge in [-0.1, -0.05) is 125 Å². The van der Waals surface area contributed by atoms with Crippen LogP contribution >= 0.6 is 0 Å². The number of hydrogen-bond acceptors (Lipinski definition) is 4. The molecule has 0 unspecified atom stereocenters. The molecule has 0 fully saturated rings. The summed E-state index contributed by atoms with van der Waals surface area (Å²) in [4.78, 5) is 15.1. The molecule has 0 aliphatic rings. The van der Waals surface area contributed by atoms with E-state index in [2.05, 4.69) is 114 Å². The molecule has 6 nitrogen and oxygen atoms in total. The Labute approximate surface area is 301 Å². The first kappa shape index (κ1) is 30.2. The van der Waals surface area contributed by atoms with Crippen LogP contribution in [0.5, 0.6) is 11.5 Å². The Bertz CT molecular complexity index is 2930. The average Bonchev–Trinajstić information content (AvgIpc) is 3.71. The van der Waals surface area contributed by atoms with Gasteiger partial charge >= 0.3 is 21.1 Å². The zero-order valence-corrected chi connectivity index (χ0v) is 29.4. The summed E-state index contributed by atoms with van der Waals surface area (Å²) >= 11 is 0. The standard InChI is InChI=1S/C43H27N5O.Pt/c1-26-27(2)47-37-17-10-9-16-33(37)32-21-19-30(24-35(32)42(47)45-26)49-31-20-22-34-36(25-31)43-46-39(28-12-5-3-6-13-28)41(29-14-7-4-8-15-29)48(43)38-18-11-23-44-40(34)38;/h3-23H,1-2H3;/q-2;+2. The van der Waals surface area contributed by atoms with Gasteiger partial charge in [0.1, 0.15) is 0 Å². The van der Waals surface area contributed by atoms with Crippen LogP contribution in [-0.4, -0.2) is 23.8 Å². The third kappa shape index (κ3) is 4.49. The molecule has 240 valence electrons. The number of aromatic nitrogens is 5. The number of benzene rings is 5. The van der Waals surface area contributed by atoms with Crippen LogP contribution in [0, 0.1) is 26.0 Å². The molecule has 10 rings (SSSR count). The fraction of sp³-hybridized carbons (Fsp3) is 0.0465. The van der Waals surface area contributed by atoms with Crippen molar-refractivity contribution in [3.8, 4) is 34.0 Å². The summed E-state index contributed by atoms with van der Waals surface area (Å²) in [5.41, 5.74) is 10.8. The first-order valence-electron chi connectivity index (χ1n) is 16.3. The van der Waals surface area contributed by atoms with Gasteiger partial charge in [0.15, 0.2) is 0 Å². The van der Waals surface area contributed by atoms with E-state index in [0.717, 1.165) is 88.7 Å². The third-order valence-corrected chi connectivity index (χ3v) is 9.54. The molecule has 0 aliphatic heterocycles. The van der Waals surface area contributed by atoms with Crippen LogP contribution in [0.25, 0.3) is 77.3 Å². The first-order valence-corrected chi connectivity index (χ1v) is 16.3. The summed E-state index contributed by atoms with van der Waals surface area (Å²) in [5.74, 6) is 1.16. The molecule has 7 heteroatoms. The predicted octanol–water partition coefficient (Wildman–Crippen LogP) is 10.3. The number of rotatable bonds is 4. The number of hydrogen-bond donors (Lipinski definition) is 0. The van der Waals surface area contributed by atoms with Gasteiger partial charge in [0.2, 0.25) is 0 Å². The van der Waals surface area contributed by atoms with E-state index < -0.39 is 0 Å². The van der Waals surface area contributed by atoms with Gasteiger partial charge in [0.25, 0.3) is 0 Å². The van der Waals surface area contributed by atoms with Crippen LogP contribution < -0.4 is 4.74 Å². The quantitative estimate of drug-likeness (QED) is 0.131. The SMILES string of the molecule is Cc1nc2c3[c-]c(Oc4[c-]c5c(cc4)c4ncccc4n4c(-c6ccccc6)c(-c6ccccc6)nc54)ccc3c3ccccc3n2c1C.[Pt+2]. The number of pyridine rings is 3. The van der Waals surface area contributed by atoms with Crippen LogP contribution in [0.4, 0.5) is 0 Å². The van der Waals surface area contributed by atoms with Crippen molar-refractivity contribution in [1.29, 1.82) is 0 Å². The topological polar surface area (TPSA) is 56.7 Å². The van der Waals surface area contributed by atoms with Gasteiger partial charge < -0.3 is 13.5 Å². The van der Waals surface area contributed by atoms with Crippen molar-refractivity contribution in [2.45, 2.75) is 13.8 Å². The summed E-state index contributed by atoms with van der Waals surface area (Å²) in [6.45, 7) is 4.16. The molecule has 5 heterocycles. The predicted molar refractivity (Wildman–Crippen MR) is 196 cm³/mol. The van der Waals surface area contributed by atoms with Gasteiger partial charge in [-0.2, -0.15) is 0 Å². The molecule has 50 heavy (non-hydrogen) atoms. The van der Waals surface area contributed by atoms with Crippen LogP contribution in [-0.2, 0) is 21.1 Å². The second kappa shape index (κ2) is 11.6. The Kier molecular flexibility index (Phi) is 7.04. The molecule has 5 aromatic carbocycles. The molecular formula is C43H27N5OPt. The van der Waals surface area contributed by atoms with E-state index in [9.17, 15) is 0 Å². The number of aryl methyl sites for hydroxylation is 2. The normalized spacial score (nSPS) is 11.6. The molecular weight excluding hydrogens is 798 g/mol. The second-order valence-electron chi connectivity index (χ2n) is 12.4. The van der Waals surface area contributed by atoms with Crippen molar-refractivity contribution in [3.05, 3.63) is 151 Å². The van der Waals surface area contributed by atoms with Crippen LogP contribution in [0.15, 0.2) is 128 Å². The summed E-state index contributed by atoms with van der Waals surface area (Å²) in [7, 11) is 0. The zero-order chi connectivity index (χ0) is 32.6. The number of nitrogens with zero attached hydrogens (tertiary/aromatic N) is 5. The molecule has 0 amide bonds. The van der Waals surface area contributed by atoms with Gasteiger partial charge in [-0.15, -0.1) is 12.1 Å². The van der Waals surface area contributed by atoms with Crippen molar-refractivity contribution < 1.29 is 25.8 Å². The number of para-hydroxylation sites is 1. The van der Waals surface area contributed by atoms with Crippen molar-refractivity contribution in [1.82, 2.24) is 23.8 Å². The van der Waals surface area contributed by atoms with Gasteiger partial charge in [-0.25, -0.2) is 0 Å². The summed E-state index contributed by atoms with van der Waals surface area (Å²) in [6.07, 6.45) is 1.84.